The Morgan fingerprint density at radius 3 is 2.83 bits per heavy atom. The van der Waals surface area contributed by atoms with E-state index in [1.807, 2.05) is 54.6 Å². The van der Waals surface area contributed by atoms with E-state index in [0.717, 1.165) is 33.2 Å². The van der Waals surface area contributed by atoms with Crippen LogP contribution < -0.4 is 5.32 Å². The molecule has 5 nitrogen and oxygen atoms in total. The Morgan fingerprint density at radius 2 is 1.96 bits per heavy atom. The molecule has 0 saturated carbocycles. The van der Waals surface area contributed by atoms with Gasteiger partial charge in [0.1, 0.15) is 0 Å². The molecule has 2 aromatic carbocycles. The standard InChI is InChI=1S/C19H15N3O2/c1-12(22-23)13-5-4-6-14(11-13)20-18-15-7-2-3-8-17(15)21-19-16(18)9-10-24-19/h2-11,23H,1H3,(H,20,21)/b22-12+. The van der Waals surface area contributed by atoms with Crippen LogP contribution in [0.25, 0.3) is 22.0 Å². The molecular weight excluding hydrogens is 302 g/mol. The Morgan fingerprint density at radius 1 is 1.08 bits per heavy atom. The molecule has 0 amide bonds. The molecule has 118 valence electrons. The number of aromatic nitrogens is 1. The highest BCUT2D eigenvalue weighted by molar-refractivity contribution is 6.07. The van der Waals surface area contributed by atoms with E-state index in [1.54, 1.807) is 13.2 Å². The summed E-state index contributed by atoms with van der Waals surface area (Å²) in [6.07, 6.45) is 1.64. The molecule has 2 aromatic heterocycles. The molecule has 0 fully saturated rings. The molecule has 0 atom stereocenters. The van der Waals surface area contributed by atoms with Crippen molar-refractivity contribution in [1.82, 2.24) is 4.98 Å². The van der Waals surface area contributed by atoms with E-state index in [-0.39, 0.29) is 0 Å². The van der Waals surface area contributed by atoms with Crippen molar-refractivity contribution in [3.8, 4) is 0 Å². The second-order valence-electron chi connectivity index (χ2n) is 5.53. The van der Waals surface area contributed by atoms with Crippen LogP contribution in [0.15, 0.2) is 70.4 Å². The average molecular weight is 317 g/mol. The Kier molecular flexibility index (Phi) is 3.39. The molecule has 4 rings (SSSR count). The van der Waals surface area contributed by atoms with Crippen molar-refractivity contribution in [2.75, 3.05) is 5.32 Å². The van der Waals surface area contributed by atoms with E-state index in [1.165, 1.54) is 0 Å². The number of hydrogen-bond donors (Lipinski definition) is 2. The van der Waals surface area contributed by atoms with E-state index < -0.39 is 0 Å². The van der Waals surface area contributed by atoms with Crippen LogP contribution in [0, 0.1) is 0 Å². The number of para-hydroxylation sites is 1. The van der Waals surface area contributed by atoms with Gasteiger partial charge in [-0.3, -0.25) is 0 Å². The fourth-order valence-electron chi connectivity index (χ4n) is 2.77. The molecular formula is C19H15N3O2. The average Bonchev–Trinajstić information content (AvgIpc) is 3.09. The fraction of sp³-hybridized carbons (Fsp3) is 0.0526. The van der Waals surface area contributed by atoms with Crippen LogP contribution in [0.5, 0.6) is 0 Å². The maximum Gasteiger partial charge on any atom is 0.228 e. The zero-order chi connectivity index (χ0) is 16.5. The third kappa shape index (κ3) is 2.36. The zero-order valence-electron chi connectivity index (χ0n) is 13.0. The van der Waals surface area contributed by atoms with Crippen LogP contribution in [0.3, 0.4) is 0 Å². The van der Waals surface area contributed by atoms with E-state index in [0.29, 0.717) is 11.4 Å². The normalized spacial score (nSPS) is 12.0. The Bertz CT molecular complexity index is 1070. The summed E-state index contributed by atoms with van der Waals surface area (Å²) in [6.45, 7) is 1.76. The largest absolute Gasteiger partial charge is 0.446 e. The van der Waals surface area contributed by atoms with Gasteiger partial charge >= 0.3 is 0 Å². The van der Waals surface area contributed by atoms with Crippen LogP contribution in [-0.4, -0.2) is 15.9 Å². The zero-order valence-corrected chi connectivity index (χ0v) is 13.0. The number of nitrogens with one attached hydrogen (secondary N) is 1. The van der Waals surface area contributed by atoms with Gasteiger partial charge in [-0.15, -0.1) is 0 Å². The Balaban J connectivity index is 1.88. The second kappa shape index (κ2) is 5.70. The molecule has 0 bridgehead atoms. The summed E-state index contributed by atoms with van der Waals surface area (Å²) in [4.78, 5) is 4.54. The maximum atomic E-state index is 8.97. The number of benzene rings is 2. The second-order valence-corrected chi connectivity index (χ2v) is 5.53. The van der Waals surface area contributed by atoms with E-state index >= 15 is 0 Å². The lowest BCUT2D eigenvalue weighted by molar-refractivity contribution is 0.319. The first-order chi connectivity index (χ1) is 11.8. The lowest BCUT2D eigenvalue weighted by Gasteiger charge is -2.12. The fourth-order valence-corrected chi connectivity index (χ4v) is 2.77. The highest BCUT2D eigenvalue weighted by Crippen LogP contribution is 2.33. The highest BCUT2D eigenvalue weighted by Gasteiger charge is 2.11. The summed E-state index contributed by atoms with van der Waals surface area (Å²) in [5, 5.41) is 17.6. The van der Waals surface area contributed by atoms with E-state index in [4.69, 9.17) is 9.62 Å². The molecule has 0 saturated heterocycles. The SMILES string of the molecule is C/C(=N\O)c1cccc(Nc2c3ccccc3nc3occc23)c1. The minimum Gasteiger partial charge on any atom is -0.446 e. The molecule has 5 heteroatoms. The maximum absolute atomic E-state index is 8.97. The molecule has 2 N–H and O–H groups in total. The van der Waals surface area contributed by atoms with Crippen LogP contribution >= 0.6 is 0 Å². The van der Waals surface area contributed by atoms with Gasteiger partial charge in [-0.1, -0.05) is 35.5 Å². The third-order valence-corrected chi connectivity index (χ3v) is 4.01. The van der Waals surface area contributed by atoms with Crippen LogP contribution in [0.4, 0.5) is 11.4 Å². The summed E-state index contributed by atoms with van der Waals surface area (Å²) in [5.41, 5.74) is 4.72. The van der Waals surface area contributed by atoms with Gasteiger partial charge in [-0.05, 0) is 31.2 Å². The molecule has 0 aliphatic heterocycles. The van der Waals surface area contributed by atoms with Crippen molar-refractivity contribution >= 4 is 39.1 Å². The molecule has 2 heterocycles. The summed E-state index contributed by atoms with van der Waals surface area (Å²) in [7, 11) is 0. The number of pyridine rings is 1. The molecule has 0 unspecified atom stereocenters. The van der Waals surface area contributed by atoms with Crippen LogP contribution in [-0.2, 0) is 0 Å². The van der Waals surface area contributed by atoms with Crippen molar-refractivity contribution < 1.29 is 9.62 Å². The number of nitrogens with zero attached hydrogens (tertiary/aromatic N) is 2. The van der Waals surface area contributed by atoms with Gasteiger partial charge < -0.3 is 14.9 Å². The van der Waals surface area contributed by atoms with Gasteiger partial charge in [0.15, 0.2) is 0 Å². The van der Waals surface area contributed by atoms with Crippen LogP contribution in [0.2, 0.25) is 0 Å². The first-order valence-corrected chi connectivity index (χ1v) is 7.58. The van der Waals surface area contributed by atoms with Crippen molar-refractivity contribution in [2.24, 2.45) is 5.16 Å². The number of oxime groups is 1. The predicted molar refractivity (Wildman–Crippen MR) is 95.2 cm³/mol. The highest BCUT2D eigenvalue weighted by atomic mass is 16.4. The van der Waals surface area contributed by atoms with E-state index in [2.05, 4.69) is 15.5 Å². The minimum absolute atomic E-state index is 0.562. The molecule has 0 spiro atoms. The lowest BCUT2D eigenvalue weighted by Crippen LogP contribution is -1.98. The number of hydrogen-bond acceptors (Lipinski definition) is 5. The van der Waals surface area contributed by atoms with Gasteiger partial charge in [0.25, 0.3) is 0 Å². The van der Waals surface area contributed by atoms with Gasteiger partial charge in [0, 0.05) is 16.6 Å². The molecule has 0 aliphatic rings. The smallest absolute Gasteiger partial charge is 0.228 e. The lowest BCUT2D eigenvalue weighted by atomic mass is 10.1. The van der Waals surface area contributed by atoms with Gasteiger partial charge in [-0.2, -0.15) is 0 Å². The molecule has 24 heavy (non-hydrogen) atoms. The predicted octanol–water partition coefficient (Wildman–Crippen LogP) is 4.92. The Hall–Kier alpha value is -3.34. The minimum atomic E-state index is 0.562. The quantitative estimate of drug-likeness (QED) is 0.319. The topological polar surface area (TPSA) is 70.7 Å². The summed E-state index contributed by atoms with van der Waals surface area (Å²) < 4.78 is 5.48. The number of rotatable bonds is 3. The molecule has 0 aliphatic carbocycles. The van der Waals surface area contributed by atoms with Gasteiger partial charge in [0.2, 0.25) is 5.71 Å². The number of fused-ring (bicyclic) bond motifs is 2. The number of furan rings is 1. The first-order valence-electron chi connectivity index (χ1n) is 7.58. The van der Waals surface area contributed by atoms with Gasteiger partial charge in [-0.25, -0.2) is 4.98 Å². The summed E-state index contributed by atoms with van der Waals surface area (Å²) in [5.74, 6) is 0. The number of anilines is 2. The summed E-state index contributed by atoms with van der Waals surface area (Å²) in [6, 6.07) is 17.6. The van der Waals surface area contributed by atoms with Crippen molar-refractivity contribution in [3.05, 3.63) is 66.4 Å². The molecule has 0 radical (unpaired) electrons. The van der Waals surface area contributed by atoms with Gasteiger partial charge in [0.05, 0.1) is 28.6 Å². The monoisotopic (exact) mass is 317 g/mol. The van der Waals surface area contributed by atoms with Crippen molar-refractivity contribution in [1.29, 1.82) is 0 Å². The third-order valence-electron chi connectivity index (χ3n) is 4.01. The molecule has 4 aromatic rings. The summed E-state index contributed by atoms with van der Waals surface area (Å²) >= 11 is 0. The van der Waals surface area contributed by atoms with Crippen LogP contribution in [0.1, 0.15) is 12.5 Å². The first kappa shape index (κ1) is 14.3. The Labute approximate surface area is 138 Å². The van der Waals surface area contributed by atoms with Crippen molar-refractivity contribution in [2.45, 2.75) is 6.92 Å². The van der Waals surface area contributed by atoms with Crippen molar-refractivity contribution in [3.63, 3.8) is 0 Å². The van der Waals surface area contributed by atoms with E-state index in [9.17, 15) is 0 Å².